The number of hydrogen-bond donors (Lipinski definition) is 1. The molecule has 0 bridgehead atoms. The van der Waals surface area contributed by atoms with E-state index in [4.69, 9.17) is 9.47 Å². The molecule has 1 amide bonds. The maximum atomic E-state index is 11.8. The summed E-state index contributed by atoms with van der Waals surface area (Å²) in [6, 6.07) is 6.10. The summed E-state index contributed by atoms with van der Waals surface area (Å²) in [6.45, 7) is 9.17. The summed E-state index contributed by atoms with van der Waals surface area (Å²) in [5, 5.41) is 2.98. The zero-order chi connectivity index (χ0) is 15.7. The lowest BCUT2D eigenvalue weighted by Gasteiger charge is -2.13. The van der Waals surface area contributed by atoms with Crippen LogP contribution >= 0.6 is 0 Å². The van der Waals surface area contributed by atoms with Gasteiger partial charge < -0.3 is 14.8 Å². The Morgan fingerprint density at radius 3 is 2.43 bits per heavy atom. The number of nitrogens with one attached hydrogen (secondary N) is 1. The highest BCUT2D eigenvalue weighted by atomic mass is 16.5. The van der Waals surface area contributed by atoms with Crippen LogP contribution in [0.1, 0.15) is 46.1 Å². The van der Waals surface area contributed by atoms with E-state index in [1.54, 1.807) is 0 Å². The van der Waals surface area contributed by atoms with E-state index >= 15 is 0 Å². The van der Waals surface area contributed by atoms with Crippen LogP contribution in [0.25, 0.3) is 0 Å². The van der Waals surface area contributed by atoms with Gasteiger partial charge in [-0.05, 0) is 51.3 Å². The van der Waals surface area contributed by atoms with Crippen molar-refractivity contribution >= 4 is 5.91 Å². The van der Waals surface area contributed by atoms with Gasteiger partial charge in [-0.15, -0.1) is 0 Å². The summed E-state index contributed by atoms with van der Waals surface area (Å²) >= 11 is 0. The van der Waals surface area contributed by atoms with Gasteiger partial charge in [0.15, 0.2) is 11.5 Å². The molecular weight excluding hydrogens is 266 g/mol. The average Bonchev–Trinajstić information content (AvgIpc) is 2.47. The van der Waals surface area contributed by atoms with Gasteiger partial charge in [-0.1, -0.05) is 13.0 Å². The van der Waals surface area contributed by atoms with E-state index < -0.39 is 0 Å². The van der Waals surface area contributed by atoms with Crippen LogP contribution < -0.4 is 14.8 Å². The lowest BCUT2D eigenvalue weighted by Crippen LogP contribution is -2.31. The summed E-state index contributed by atoms with van der Waals surface area (Å²) in [7, 11) is 0. The molecule has 1 atom stereocenters. The molecule has 0 aliphatic heterocycles. The van der Waals surface area contributed by atoms with E-state index in [9.17, 15) is 4.79 Å². The van der Waals surface area contributed by atoms with Crippen molar-refractivity contribution in [2.75, 3.05) is 13.2 Å². The van der Waals surface area contributed by atoms with Crippen LogP contribution in [-0.4, -0.2) is 25.2 Å². The number of carbonyl (C=O) groups excluding carboxylic acids is 1. The van der Waals surface area contributed by atoms with Gasteiger partial charge in [0.2, 0.25) is 5.91 Å². The molecule has 21 heavy (non-hydrogen) atoms. The average molecular weight is 293 g/mol. The van der Waals surface area contributed by atoms with Gasteiger partial charge in [-0.25, -0.2) is 0 Å². The van der Waals surface area contributed by atoms with Crippen LogP contribution in [0.5, 0.6) is 11.5 Å². The Kier molecular flexibility index (Phi) is 7.65. The number of rotatable bonds is 9. The van der Waals surface area contributed by atoms with Crippen molar-refractivity contribution in [1.82, 2.24) is 5.32 Å². The van der Waals surface area contributed by atoms with Crippen LogP contribution in [0.2, 0.25) is 0 Å². The Labute approximate surface area is 127 Å². The molecule has 0 unspecified atom stereocenters. The number of amides is 1. The molecule has 1 rings (SSSR count). The van der Waals surface area contributed by atoms with E-state index in [1.165, 1.54) is 0 Å². The highest BCUT2D eigenvalue weighted by Gasteiger charge is 2.09. The normalized spacial score (nSPS) is 11.8. The first-order valence-corrected chi connectivity index (χ1v) is 7.78. The highest BCUT2D eigenvalue weighted by Crippen LogP contribution is 2.28. The molecule has 1 aromatic rings. The first-order valence-electron chi connectivity index (χ1n) is 7.78. The van der Waals surface area contributed by atoms with Gasteiger partial charge in [-0.3, -0.25) is 4.79 Å². The molecule has 4 nitrogen and oxygen atoms in total. The Balaban J connectivity index is 2.62. The second-order valence-electron chi connectivity index (χ2n) is 5.02. The summed E-state index contributed by atoms with van der Waals surface area (Å²) in [5.74, 6) is 1.60. The minimum absolute atomic E-state index is 0.0937. The van der Waals surface area contributed by atoms with E-state index in [0.29, 0.717) is 26.1 Å². The van der Waals surface area contributed by atoms with Crippen molar-refractivity contribution in [1.29, 1.82) is 0 Å². The van der Waals surface area contributed by atoms with Crippen molar-refractivity contribution in [3.8, 4) is 11.5 Å². The van der Waals surface area contributed by atoms with Gasteiger partial charge in [0.05, 0.1) is 13.2 Å². The Morgan fingerprint density at radius 1 is 1.14 bits per heavy atom. The zero-order valence-electron chi connectivity index (χ0n) is 13.6. The van der Waals surface area contributed by atoms with E-state index in [1.807, 2.05) is 39.0 Å². The van der Waals surface area contributed by atoms with Crippen molar-refractivity contribution in [3.63, 3.8) is 0 Å². The molecule has 0 aromatic heterocycles. The van der Waals surface area contributed by atoms with Crippen molar-refractivity contribution in [2.24, 2.45) is 0 Å². The standard InChI is InChI=1S/C17H27NO3/c1-5-13(4)18-17(19)11-9-14-8-10-15(20-6-2)16(12-14)21-7-3/h8,10,12-13H,5-7,9,11H2,1-4H3,(H,18,19)/t13-/m0/s1. The van der Waals surface area contributed by atoms with Gasteiger partial charge >= 0.3 is 0 Å². The fraction of sp³-hybridized carbons (Fsp3) is 0.588. The van der Waals surface area contributed by atoms with Crippen LogP contribution in [0.3, 0.4) is 0 Å². The molecule has 0 saturated carbocycles. The first kappa shape index (κ1) is 17.3. The van der Waals surface area contributed by atoms with Crippen LogP contribution in [0.15, 0.2) is 18.2 Å². The number of benzene rings is 1. The third-order valence-electron chi connectivity index (χ3n) is 3.27. The van der Waals surface area contributed by atoms with Gasteiger partial charge in [-0.2, -0.15) is 0 Å². The van der Waals surface area contributed by atoms with Crippen molar-refractivity contribution < 1.29 is 14.3 Å². The fourth-order valence-electron chi connectivity index (χ4n) is 1.96. The molecule has 0 fully saturated rings. The second-order valence-corrected chi connectivity index (χ2v) is 5.02. The first-order chi connectivity index (χ1) is 10.1. The molecule has 118 valence electrons. The minimum atomic E-state index is 0.0937. The molecule has 4 heteroatoms. The number of ether oxygens (including phenoxy) is 2. The maximum absolute atomic E-state index is 11.8. The SMILES string of the molecule is CCOc1ccc(CCC(=O)N[C@@H](C)CC)cc1OCC. The molecule has 0 spiro atoms. The monoisotopic (exact) mass is 293 g/mol. The van der Waals surface area contributed by atoms with E-state index in [2.05, 4.69) is 12.2 Å². The van der Waals surface area contributed by atoms with Crippen LogP contribution in [0.4, 0.5) is 0 Å². The van der Waals surface area contributed by atoms with Crippen LogP contribution in [-0.2, 0) is 11.2 Å². The Bertz CT molecular complexity index is 446. The highest BCUT2D eigenvalue weighted by molar-refractivity contribution is 5.76. The molecule has 1 aromatic carbocycles. The minimum Gasteiger partial charge on any atom is -0.490 e. The molecule has 0 radical (unpaired) electrons. The summed E-state index contributed by atoms with van der Waals surface area (Å²) in [6.07, 6.45) is 2.14. The van der Waals surface area contributed by atoms with Gasteiger partial charge in [0.1, 0.15) is 0 Å². The molecule has 0 aliphatic rings. The molecular formula is C17H27NO3. The van der Waals surface area contributed by atoms with E-state index in [-0.39, 0.29) is 11.9 Å². The summed E-state index contributed by atoms with van der Waals surface area (Å²) < 4.78 is 11.1. The van der Waals surface area contributed by atoms with Crippen LogP contribution in [0, 0.1) is 0 Å². The number of aryl methyl sites for hydroxylation is 1. The quantitative estimate of drug-likeness (QED) is 0.759. The third kappa shape index (κ3) is 6.06. The number of hydrogen-bond acceptors (Lipinski definition) is 3. The maximum Gasteiger partial charge on any atom is 0.220 e. The lowest BCUT2D eigenvalue weighted by molar-refractivity contribution is -0.121. The summed E-state index contributed by atoms with van der Waals surface area (Å²) in [5.41, 5.74) is 1.08. The second kappa shape index (κ2) is 9.27. The van der Waals surface area contributed by atoms with E-state index in [0.717, 1.165) is 23.5 Å². The van der Waals surface area contributed by atoms with Gasteiger partial charge in [0.25, 0.3) is 0 Å². The predicted molar refractivity (Wildman–Crippen MR) is 85.0 cm³/mol. The third-order valence-corrected chi connectivity index (χ3v) is 3.27. The summed E-state index contributed by atoms with van der Waals surface area (Å²) in [4.78, 5) is 11.8. The largest absolute Gasteiger partial charge is 0.490 e. The molecule has 0 heterocycles. The molecule has 1 N–H and O–H groups in total. The van der Waals surface area contributed by atoms with Gasteiger partial charge in [0, 0.05) is 12.5 Å². The zero-order valence-corrected chi connectivity index (χ0v) is 13.6. The van der Waals surface area contributed by atoms with Crippen molar-refractivity contribution in [3.05, 3.63) is 23.8 Å². The smallest absolute Gasteiger partial charge is 0.220 e. The predicted octanol–water partition coefficient (Wildman–Crippen LogP) is 3.33. The number of carbonyl (C=O) groups is 1. The molecule has 0 saturated heterocycles. The molecule has 0 aliphatic carbocycles. The Hall–Kier alpha value is -1.71. The Morgan fingerprint density at radius 2 is 1.81 bits per heavy atom. The topological polar surface area (TPSA) is 47.6 Å². The van der Waals surface area contributed by atoms with Crippen molar-refractivity contribution in [2.45, 2.75) is 53.0 Å². The lowest BCUT2D eigenvalue weighted by atomic mass is 10.1. The fourth-order valence-corrected chi connectivity index (χ4v) is 1.96.